The monoisotopic (exact) mass is 223 g/mol. The fourth-order valence-electron chi connectivity index (χ4n) is 1.94. The van der Waals surface area contributed by atoms with E-state index in [1.54, 1.807) is 11.5 Å². The molecule has 4 heteroatoms. The van der Waals surface area contributed by atoms with Crippen LogP contribution in [0.5, 0.6) is 0 Å². The molecule has 0 saturated heterocycles. The molecule has 1 aliphatic rings. The van der Waals surface area contributed by atoms with Gasteiger partial charge in [-0.3, -0.25) is 10.0 Å². The highest BCUT2D eigenvalue weighted by Crippen LogP contribution is 2.25. The Kier molecular flexibility index (Phi) is 2.98. The Balaban J connectivity index is 2.32. The predicted molar refractivity (Wildman–Crippen MR) is 60.5 cm³/mol. The topological polar surface area (TPSA) is 49.3 Å². The quantitative estimate of drug-likeness (QED) is 0.385. The van der Waals surface area contributed by atoms with Crippen LogP contribution < -0.4 is 5.48 Å². The van der Waals surface area contributed by atoms with Gasteiger partial charge in [0.15, 0.2) is 0 Å². The highest BCUT2D eigenvalue weighted by molar-refractivity contribution is 7.80. The summed E-state index contributed by atoms with van der Waals surface area (Å²) in [6.45, 7) is 0. The maximum absolute atomic E-state index is 11.2. The zero-order chi connectivity index (χ0) is 10.8. The van der Waals surface area contributed by atoms with Gasteiger partial charge >= 0.3 is 0 Å². The first kappa shape index (κ1) is 10.5. The van der Waals surface area contributed by atoms with Crippen LogP contribution in [0.25, 0.3) is 0 Å². The van der Waals surface area contributed by atoms with E-state index in [9.17, 15) is 4.79 Å². The third-order valence-corrected chi connectivity index (χ3v) is 3.21. The summed E-state index contributed by atoms with van der Waals surface area (Å²) in [7, 11) is 0. The Bertz CT molecular complexity index is 392. The van der Waals surface area contributed by atoms with Crippen LogP contribution in [-0.4, -0.2) is 16.4 Å². The molecule has 1 aliphatic carbocycles. The van der Waals surface area contributed by atoms with E-state index in [1.807, 2.05) is 12.1 Å². The molecule has 0 radical (unpaired) electrons. The Hall–Kier alpha value is -1.00. The lowest BCUT2D eigenvalue weighted by molar-refractivity contribution is 0.0706. The first-order valence-corrected chi connectivity index (χ1v) is 5.46. The van der Waals surface area contributed by atoms with Crippen LogP contribution in [0.2, 0.25) is 0 Å². The molecule has 0 saturated carbocycles. The van der Waals surface area contributed by atoms with Gasteiger partial charge in [0, 0.05) is 10.8 Å². The van der Waals surface area contributed by atoms with Crippen LogP contribution >= 0.6 is 12.6 Å². The molecular weight excluding hydrogens is 210 g/mol. The first-order valence-electron chi connectivity index (χ1n) is 4.95. The summed E-state index contributed by atoms with van der Waals surface area (Å²) < 4.78 is 0. The molecule has 1 aromatic carbocycles. The van der Waals surface area contributed by atoms with E-state index >= 15 is 0 Å². The summed E-state index contributed by atoms with van der Waals surface area (Å²) in [6.07, 6.45) is 3.00. The number of hydroxylamine groups is 1. The Morgan fingerprint density at radius 2 is 2.27 bits per heavy atom. The van der Waals surface area contributed by atoms with Crippen molar-refractivity contribution in [2.24, 2.45) is 0 Å². The standard InChI is InChI=1S/C11H13NO2S/c13-11(12-14)8-2-1-7-3-4-10(15)6-9(7)5-8/h1-2,5,10,14-15H,3-4,6H2,(H,12,13). The third kappa shape index (κ3) is 2.16. The molecule has 0 spiro atoms. The maximum atomic E-state index is 11.2. The second-order valence-electron chi connectivity index (χ2n) is 3.82. The number of nitrogens with one attached hydrogen (secondary N) is 1. The van der Waals surface area contributed by atoms with Gasteiger partial charge in [-0.2, -0.15) is 12.6 Å². The molecule has 2 rings (SSSR count). The lowest BCUT2D eigenvalue weighted by Crippen LogP contribution is -2.20. The van der Waals surface area contributed by atoms with Crippen LogP contribution in [0.3, 0.4) is 0 Å². The molecule has 0 aromatic heterocycles. The predicted octanol–water partition coefficient (Wildman–Crippen LogP) is 1.59. The highest BCUT2D eigenvalue weighted by Gasteiger charge is 2.17. The molecule has 2 N–H and O–H groups in total. The van der Waals surface area contributed by atoms with E-state index in [-0.39, 0.29) is 0 Å². The molecule has 1 amide bonds. The van der Waals surface area contributed by atoms with Crippen LogP contribution in [0.15, 0.2) is 18.2 Å². The van der Waals surface area contributed by atoms with Crippen LogP contribution in [-0.2, 0) is 12.8 Å². The average molecular weight is 223 g/mol. The zero-order valence-corrected chi connectivity index (χ0v) is 9.13. The van der Waals surface area contributed by atoms with E-state index in [4.69, 9.17) is 5.21 Å². The summed E-state index contributed by atoms with van der Waals surface area (Å²) in [6, 6.07) is 5.53. The number of carbonyl (C=O) groups excluding carboxylic acids is 1. The number of fused-ring (bicyclic) bond motifs is 1. The van der Waals surface area contributed by atoms with Gasteiger partial charge < -0.3 is 0 Å². The van der Waals surface area contributed by atoms with Crippen LogP contribution in [0.4, 0.5) is 0 Å². The molecule has 1 atom stereocenters. The normalized spacial score (nSPS) is 19.5. The molecular formula is C11H13NO2S. The summed E-state index contributed by atoms with van der Waals surface area (Å²) in [5.74, 6) is -0.459. The molecule has 0 fully saturated rings. The van der Waals surface area contributed by atoms with Crippen molar-refractivity contribution in [3.8, 4) is 0 Å². The number of thiol groups is 1. The van der Waals surface area contributed by atoms with Gasteiger partial charge in [0.1, 0.15) is 0 Å². The lowest BCUT2D eigenvalue weighted by atomic mass is 9.90. The number of rotatable bonds is 1. The number of aryl methyl sites for hydroxylation is 1. The van der Waals surface area contributed by atoms with Crippen LogP contribution in [0.1, 0.15) is 27.9 Å². The minimum absolute atomic E-state index is 0.380. The number of benzene rings is 1. The smallest absolute Gasteiger partial charge is 0.274 e. The van der Waals surface area contributed by atoms with Crippen molar-refractivity contribution in [2.45, 2.75) is 24.5 Å². The lowest BCUT2D eigenvalue weighted by Gasteiger charge is -2.21. The van der Waals surface area contributed by atoms with Crippen molar-refractivity contribution in [1.82, 2.24) is 5.48 Å². The number of amides is 1. The number of hydrogen-bond donors (Lipinski definition) is 3. The molecule has 0 heterocycles. The zero-order valence-electron chi connectivity index (χ0n) is 8.23. The highest BCUT2D eigenvalue weighted by atomic mass is 32.1. The molecule has 3 nitrogen and oxygen atoms in total. The van der Waals surface area contributed by atoms with E-state index in [1.165, 1.54) is 11.1 Å². The van der Waals surface area contributed by atoms with E-state index in [2.05, 4.69) is 12.6 Å². The molecule has 80 valence electrons. The van der Waals surface area contributed by atoms with Gasteiger partial charge in [0.2, 0.25) is 0 Å². The van der Waals surface area contributed by atoms with Crippen molar-refractivity contribution >= 4 is 18.5 Å². The summed E-state index contributed by atoms with van der Waals surface area (Å²) in [5.41, 5.74) is 4.60. The summed E-state index contributed by atoms with van der Waals surface area (Å²) >= 11 is 4.44. The van der Waals surface area contributed by atoms with Crippen molar-refractivity contribution < 1.29 is 10.0 Å². The van der Waals surface area contributed by atoms with Crippen molar-refractivity contribution in [2.75, 3.05) is 0 Å². The second kappa shape index (κ2) is 4.24. The minimum Gasteiger partial charge on any atom is -0.288 e. The average Bonchev–Trinajstić information content (AvgIpc) is 2.27. The SMILES string of the molecule is O=C(NO)c1ccc2c(c1)CC(S)CC2. The summed E-state index contributed by atoms with van der Waals surface area (Å²) in [5, 5.41) is 8.91. The Morgan fingerprint density at radius 1 is 1.47 bits per heavy atom. The van der Waals surface area contributed by atoms with Gasteiger partial charge in [0.05, 0.1) is 0 Å². The van der Waals surface area contributed by atoms with Crippen molar-refractivity contribution in [3.63, 3.8) is 0 Å². The van der Waals surface area contributed by atoms with E-state index in [0.29, 0.717) is 10.8 Å². The van der Waals surface area contributed by atoms with Crippen molar-refractivity contribution in [3.05, 3.63) is 34.9 Å². The number of hydrogen-bond acceptors (Lipinski definition) is 3. The van der Waals surface area contributed by atoms with Gasteiger partial charge in [-0.05, 0) is 42.5 Å². The second-order valence-corrected chi connectivity index (χ2v) is 4.55. The molecule has 1 aromatic rings. The van der Waals surface area contributed by atoms with Gasteiger partial charge in [0.25, 0.3) is 5.91 Å². The third-order valence-electron chi connectivity index (χ3n) is 2.77. The van der Waals surface area contributed by atoms with E-state index in [0.717, 1.165) is 19.3 Å². The molecule has 15 heavy (non-hydrogen) atoms. The summed E-state index contributed by atoms with van der Waals surface area (Å²) in [4.78, 5) is 11.2. The Morgan fingerprint density at radius 3 is 3.00 bits per heavy atom. The maximum Gasteiger partial charge on any atom is 0.274 e. The fourth-order valence-corrected chi connectivity index (χ4v) is 2.27. The minimum atomic E-state index is -0.459. The fraction of sp³-hybridized carbons (Fsp3) is 0.364. The molecule has 0 bridgehead atoms. The van der Waals surface area contributed by atoms with Gasteiger partial charge in [-0.25, -0.2) is 5.48 Å². The van der Waals surface area contributed by atoms with E-state index < -0.39 is 5.91 Å². The number of carbonyl (C=O) groups is 1. The van der Waals surface area contributed by atoms with Crippen molar-refractivity contribution in [1.29, 1.82) is 0 Å². The Labute approximate surface area is 93.9 Å². The molecule has 0 aliphatic heterocycles. The van der Waals surface area contributed by atoms with Crippen LogP contribution in [0, 0.1) is 0 Å². The van der Waals surface area contributed by atoms with Gasteiger partial charge in [-0.15, -0.1) is 0 Å². The first-order chi connectivity index (χ1) is 7.20. The largest absolute Gasteiger partial charge is 0.288 e. The van der Waals surface area contributed by atoms with Gasteiger partial charge in [-0.1, -0.05) is 6.07 Å². The molecule has 1 unspecified atom stereocenters.